The van der Waals surface area contributed by atoms with Crippen molar-refractivity contribution in [2.24, 2.45) is 0 Å². The van der Waals surface area contributed by atoms with E-state index in [1.54, 1.807) is 0 Å². The van der Waals surface area contributed by atoms with Crippen LogP contribution in [0.3, 0.4) is 0 Å². The van der Waals surface area contributed by atoms with E-state index in [-0.39, 0.29) is 63.0 Å². The molecule has 0 spiro atoms. The van der Waals surface area contributed by atoms with E-state index >= 15 is 0 Å². The zero-order valence-electron chi connectivity index (χ0n) is 18.3. The van der Waals surface area contributed by atoms with Gasteiger partial charge in [0.1, 0.15) is 0 Å². The van der Waals surface area contributed by atoms with Crippen LogP contribution in [-0.4, -0.2) is 52.7 Å². The largest absolute Gasteiger partial charge is 3.00 e. The molecule has 0 aliphatic carbocycles. The normalized spacial score (nSPS) is 5.30. The fourth-order valence-electron chi connectivity index (χ4n) is 0. The summed E-state index contributed by atoms with van der Waals surface area (Å²) in [6, 6.07) is 0. The first-order valence-electron chi connectivity index (χ1n) is 6.36. The second-order valence-electron chi connectivity index (χ2n) is 3.44. The summed E-state index contributed by atoms with van der Waals surface area (Å²) in [6.45, 7) is 6.81. The Balaban J connectivity index is -0.0000000152. The zero-order chi connectivity index (χ0) is 25.0. The number of carboxylic acid groups (broad SMARTS) is 7. The van der Waals surface area contributed by atoms with Gasteiger partial charge in [0.15, 0.2) is 0 Å². The van der Waals surface area contributed by atoms with Gasteiger partial charge in [-0.05, 0) is 48.5 Å². The Hall–Kier alpha value is -2.19. The third-order valence-corrected chi connectivity index (χ3v) is 0. The van der Waals surface area contributed by atoms with Gasteiger partial charge in [-0.1, -0.05) is 0 Å². The molecule has 0 aromatic heterocycles. The molecule has 0 unspecified atom stereocenters. The number of carbonyl (C=O) groups excluding carboxylic acids is 7. The number of hydrogen-bond donors (Lipinski definition) is 0. The molecule has 19 heteroatoms. The van der Waals surface area contributed by atoms with Gasteiger partial charge in [0, 0.05) is 41.8 Å². The first-order chi connectivity index (χ1) is 12.1. The smallest absolute Gasteiger partial charge is 0.870 e. The Morgan fingerprint density at radius 2 is 0.303 bits per heavy atom. The minimum Gasteiger partial charge on any atom is -0.870 e. The minimum absolute atomic E-state index is 0. The summed E-state index contributed by atoms with van der Waals surface area (Å²) in [7, 11) is 0. The number of hydrogen-bond acceptors (Lipinski definition) is 16. The second kappa shape index (κ2) is 69.9. The van der Waals surface area contributed by atoms with Gasteiger partial charge in [-0.25, -0.2) is 0 Å². The molecule has 0 saturated heterocycles. The average molecular weight is 603 g/mol. The molecule has 193 valence electrons. The van der Waals surface area contributed by atoms with Gasteiger partial charge in [-0.15, -0.1) is 0 Å². The molecule has 0 bridgehead atoms. The van der Waals surface area contributed by atoms with Gasteiger partial charge in [-0.2, -0.15) is 0 Å². The standard InChI is InChI=1S/7C2H4O2.3Cr.2H2O/c7*1-2(3)4;;;;;/h7*1H3,(H,3,4);;;;2*1H2/q;;;;;;;3*+3;;/p-9. The first kappa shape index (κ1) is 77.4. The quantitative estimate of drug-likeness (QED) is 0.248. The van der Waals surface area contributed by atoms with Crippen LogP contribution >= 0.6 is 0 Å². The van der Waals surface area contributed by atoms with Crippen LogP contribution in [0.5, 0.6) is 0 Å². The van der Waals surface area contributed by atoms with E-state index < -0.39 is 41.8 Å². The Morgan fingerprint density at radius 1 is 0.303 bits per heavy atom. The maximum Gasteiger partial charge on any atom is 3.00 e. The van der Waals surface area contributed by atoms with E-state index in [2.05, 4.69) is 0 Å². The molecule has 33 heavy (non-hydrogen) atoms. The van der Waals surface area contributed by atoms with Crippen LogP contribution in [0.4, 0.5) is 0 Å². The molecular formula is C14H23Cr3O16. The molecular weight excluding hydrogens is 580 g/mol. The van der Waals surface area contributed by atoms with Crippen molar-refractivity contribution in [3.63, 3.8) is 0 Å². The molecule has 0 aromatic carbocycles. The summed E-state index contributed by atoms with van der Waals surface area (Å²) in [6.07, 6.45) is 0. The van der Waals surface area contributed by atoms with E-state index in [0.717, 1.165) is 48.5 Å². The molecule has 0 atom stereocenters. The maximum absolute atomic E-state index is 8.89. The van der Waals surface area contributed by atoms with Gasteiger partial charge in [-0.3, -0.25) is 0 Å². The van der Waals surface area contributed by atoms with E-state index in [4.69, 9.17) is 69.3 Å². The topological polar surface area (TPSA) is 341 Å². The predicted octanol–water partition coefficient (Wildman–Crippen LogP) is -9.07. The molecule has 0 saturated carbocycles. The Labute approximate surface area is 222 Å². The van der Waals surface area contributed by atoms with E-state index in [1.807, 2.05) is 0 Å². The average Bonchev–Trinajstić information content (AvgIpc) is 2.20. The van der Waals surface area contributed by atoms with Crippen molar-refractivity contribution < 1.29 is 132 Å². The Bertz CT molecular complexity index is 323. The Kier molecular flexibility index (Phi) is 164. The molecule has 0 rings (SSSR count). The molecule has 16 nitrogen and oxygen atoms in total. The van der Waals surface area contributed by atoms with E-state index in [9.17, 15) is 0 Å². The van der Waals surface area contributed by atoms with Gasteiger partial charge < -0.3 is 80.3 Å². The summed E-state index contributed by atoms with van der Waals surface area (Å²) >= 11 is 0. The van der Waals surface area contributed by atoms with Crippen molar-refractivity contribution in [1.29, 1.82) is 0 Å². The monoisotopic (exact) mass is 603 g/mol. The fourth-order valence-corrected chi connectivity index (χ4v) is 0. The molecule has 0 heterocycles. The Morgan fingerprint density at radius 3 is 0.303 bits per heavy atom. The van der Waals surface area contributed by atoms with Crippen LogP contribution in [0.1, 0.15) is 48.5 Å². The van der Waals surface area contributed by atoms with Gasteiger partial charge >= 0.3 is 52.1 Å². The number of carbonyl (C=O) groups is 7. The minimum atomic E-state index is -1.08. The third kappa shape index (κ3) is 4790. The SMILES string of the molecule is CC(=O)[O-].CC(=O)[O-].CC(=O)[O-].CC(=O)[O-].CC(=O)[O-].CC(=O)[O-].CC(=O)[O-].[Cr+3].[Cr+3].[Cr+3].[OH-].[OH-]. The van der Waals surface area contributed by atoms with Crippen LogP contribution in [0.2, 0.25) is 0 Å². The predicted molar refractivity (Wildman–Crippen MR) is 78.6 cm³/mol. The summed E-state index contributed by atoms with van der Waals surface area (Å²) in [5, 5.41) is 62.2. The summed E-state index contributed by atoms with van der Waals surface area (Å²) in [5.41, 5.74) is 0. The maximum atomic E-state index is 8.89. The molecule has 2 N–H and O–H groups in total. The molecule has 0 aromatic rings. The van der Waals surface area contributed by atoms with Crippen molar-refractivity contribution in [1.82, 2.24) is 0 Å². The molecule has 0 fully saturated rings. The van der Waals surface area contributed by atoms with Gasteiger partial charge in [0.05, 0.1) is 0 Å². The summed E-state index contributed by atoms with van der Waals surface area (Å²) in [4.78, 5) is 62.2. The van der Waals surface area contributed by atoms with Crippen LogP contribution in [0.25, 0.3) is 0 Å². The van der Waals surface area contributed by atoms with Crippen LogP contribution < -0.4 is 35.7 Å². The molecule has 0 amide bonds. The van der Waals surface area contributed by atoms with Crippen molar-refractivity contribution in [2.45, 2.75) is 48.5 Å². The molecule has 3 radical (unpaired) electrons. The molecule has 0 aliphatic heterocycles. The third-order valence-electron chi connectivity index (χ3n) is 0. The fraction of sp³-hybridized carbons (Fsp3) is 0.500. The number of aliphatic carboxylic acids is 7. The van der Waals surface area contributed by atoms with E-state index in [0.29, 0.717) is 0 Å². The number of rotatable bonds is 0. The van der Waals surface area contributed by atoms with Crippen molar-refractivity contribution >= 4 is 41.8 Å². The zero-order valence-corrected chi connectivity index (χ0v) is 22.2. The first-order valence-corrected chi connectivity index (χ1v) is 6.36. The van der Waals surface area contributed by atoms with Crippen molar-refractivity contribution in [2.75, 3.05) is 0 Å². The van der Waals surface area contributed by atoms with Crippen molar-refractivity contribution in [3.8, 4) is 0 Å². The van der Waals surface area contributed by atoms with E-state index in [1.165, 1.54) is 0 Å². The van der Waals surface area contributed by atoms with Gasteiger partial charge in [0.25, 0.3) is 0 Å². The summed E-state index contributed by atoms with van der Waals surface area (Å²) < 4.78 is 0. The summed E-state index contributed by atoms with van der Waals surface area (Å²) in [5.74, 6) is -7.58. The van der Waals surface area contributed by atoms with Gasteiger partial charge in [0.2, 0.25) is 0 Å². The van der Waals surface area contributed by atoms with Crippen LogP contribution in [-0.2, 0) is 85.6 Å². The number of carboxylic acids is 7. The molecule has 0 aliphatic rings. The van der Waals surface area contributed by atoms with Crippen LogP contribution in [0.15, 0.2) is 0 Å². The van der Waals surface area contributed by atoms with Crippen LogP contribution in [0, 0.1) is 0 Å². The van der Waals surface area contributed by atoms with Crippen molar-refractivity contribution in [3.05, 3.63) is 0 Å². The second-order valence-corrected chi connectivity index (χ2v) is 3.44.